The summed E-state index contributed by atoms with van der Waals surface area (Å²) in [5.74, 6) is 1.54. The van der Waals surface area contributed by atoms with Gasteiger partial charge in [0.2, 0.25) is 0 Å². The molecule has 1 atom stereocenters. The molecule has 1 aromatic rings. The number of thiol groups is 1. The van der Waals surface area contributed by atoms with Crippen molar-refractivity contribution in [1.29, 1.82) is 0 Å². The Morgan fingerprint density at radius 2 is 2.12 bits per heavy atom. The van der Waals surface area contributed by atoms with Crippen molar-refractivity contribution in [2.75, 3.05) is 19.3 Å². The summed E-state index contributed by atoms with van der Waals surface area (Å²) in [7, 11) is 2.16. The third-order valence-electron chi connectivity index (χ3n) is 3.15. The van der Waals surface area contributed by atoms with Crippen LogP contribution in [0.3, 0.4) is 0 Å². The minimum Gasteiger partial charge on any atom is -0.302 e. The van der Waals surface area contributed by atoms with Crippen LogP contribution in [0.2, 0.25) is 0 Å². The number of hydrogen-bond donors (Lipinski definition) is 1. The van der Waals surface area contributed by atoms with Crippen LogP contribution in [0.4, 0.5) is 0 Å². The second kappa shape index (κ2) is 6.41. The molecule has 0 amide bonds. The second-order valence-electron chi connectivity index (χ2n) is 5.80. The third kappa shape index (κ3) is 5.09. The van der Waals surface area contributed by atoms with Crippen LogP contribution in [-0.2, 0) is 6.54 Å². The van der Waals surface area contributed by atoms with Crippen molar-refractivity contribution in [3.63, 3.8) is 0 Å². The zero-order chi connectivity index (χ0) is 12.9. The van der Waals surface area contributed by atoms with E-state index in [1.807, 2.05) is 18.5 Å². The Kier molecular flexibility index (Phi) is 5.47. The Morgan fingerprint density at radius 3 is 2.59 bits per heavy atom. The Balaban J connectivity index is 2.51. The van der Waals surface area contributed by atoms with E-state index >= 15 is 0 Å². The van der Waals surface area contributed by atoms with Crippen molar-refractivity contribution in [3.05, 3.63) is 30.1 Å². The lowest BCUT2D eigenvalue weighted by molar-refractivity contribution is 0.183. The van der Waals surface area contributed by atoms with Crippen LogP contribution in [0, 0.1) is 11.3 Å². The van der Waals surface area contributed by atoms with Gasteiger partial charge in [-0.25, -0.2) is 0 Å². The van der Waals surface area contributed by atoms with Crippen molar-refractivity contribution in [2.24, 2.45) is 11.3 Å². The van der Waals surface area contributed by atoms with E-state index in [4.69, 9.17) is 0 Å². The highest BCUT2D eigenvalue weighted by Crippen LogP contribution is 2.27. The first-order valence-corrected chi connectivity index (χ1v) is 6.75. The normalized spacial score (nSPS) is 14.0. The highest BCUT2D eigenvalue weighted by Gasteiger charge is 2.24. The molecule has 17 heavy (non-hydrogen) atoms. The van der Waals surface area contributed by atoms with Crippen LogP contribution in [0.1, 0.15) is 26.3 Å². The molecule has 1 aromatic heterocycles. The van der Waals surface area contributed by atoms with Gasteiger partial charge in [-0.15, -0.1) is 0 Å². The SMILES string of the molecule is CN(Cc1cccnc1)CC(CS)C(C)(C)C. The summed E-state index contributed by atoms with van der Waals surface area (Å²) in [5, 5.41) is 0. The van der Waals surface area contributed by atoms with Crippen LogP contribution in [0.25, 0.3) is 0 Å². The first kappa shape index (κ1) is 14.5. The molecule has 0 N–H and O–H groups in total. The predicted octanol–water partition coefficient (Wildman–Crippen LogP) is 3.11. The Bertz CT molecular complexity index is 319. The lowest BCUT2D eigenvalue weighted by Crippen LogP contribution is -2.34. The summed E-state index contributed by atoms with van der Waals surface area (Å²) in [5.41, 5.74) is 1.58. The van der Waals surface area contributed by atoms with Gasteiger partial charge < -0.3 is 4.90 Å². The average molecular weight is 252 g/mol. The Labute approximate surface area is 111 Å². The number of nitrogens with zero attached hydrogens (tertiary/aromatic N) is 2. The highest BCUT2D eigenvalue weighted by atomic mass is 32.1. The van der Waals surface area contributed by atoms with E-state index in [-0.39, 0.29) is 0 Å². The van der Waals surface area contributed by atoms with Gasteiger partial charge in [-0.05, 0) is 35.8 Å². The topological polar surface area (TPSA) is 16.1 Å². The number of hydrogen-bond acceptors (Lipinski definition) is 3. The van der Waals surface area contributed by atoms with Gasteiger partial charge in [0.05, 0.1) is 0 Å². The molecule has 0 bridgehead atoms. The van der Waals surface area contributed by atoms with Gasteiger partial charge >= 0.3 is 0 Å². The van der Waals surface area contributed by atoms with Crippen molar-refractivity contribution in [3.8, 4) is 0 Å². The quantitative estimate of drug-likeness (QED) is 0.811. The molecule has 0 aliphatic carbocycles. The first-order valence-electron chi connectivity index (χ1n) is 6.12. The molecule has 1 heterocycles. The van der Waals surface area contributed by atoms with Crippen molar-refractivity contribution in [2.45, 2.75) is 27.3 Å². The maximum Gasteiger partial charge on any atom is 0.0312 e. The monoisotopic (exact) mass is 252 g/mol. The summed E-state index contributed by atoms with van der Waals surface area (Å²) in [4.78, 5) is 6.49. The lowest BCUT2D eigenvalue weighted by atomic mass is 9.81. The zero-order valence-electron chi connectivity index (χ0n) is 11.3. The van der Waals surface area contributed by atoms with E-state index in [1.165, 1.54) is 5.56 Å². The van der Waals surface area contributed by atoms with Crippen LogP contribution >= 0.6 is 12.6 Å². The molecule has 0 saturated heterocycles. The van der Waals surface area contributed by atoms with E-state index in [1.54, 1.807) is 0 Å². The number of aromatic nitrogens is 1. The van der Waals surface area contributed by atoms with E-state index in [0.717, 1.165) is 18.8 Å². The van der Waals surface area contributed by atoms with E-state index in [0.29, 0.717) is 11.3 Å². The summed E-state index contributed by atoms with van der Waals surface area (Å²) in [6.45, 7) is 8.87. The fourth-order valence-electron chi connectivity index (χ4n) is 1.85. The van der Waals surface area contributed by atoms with Crippen LogP contribution in [-0.4, -0.2) is 29.2 Å². The zero-order valence-corrected chi connectivity index (χ0v) is 12.2. The molecule has 1 unspecified atom stereocenters. The summed E-state index contributed by atoms with van der Waals surface area (Å²) in [6, 6.07) is 4.11. The van der Waals surface area contributed by atoms with Gasteiger partial charge in [0.1, 0.15) is 0 Å². The summed E-state index contributed by atoms with van der Waals surface area (Å²) in [6.07, 6.45) is 3.75. The minimum atomic E-state index is 0.310. The van der Waals surface area contributed by atoms with Crippen molar-refractivity contribution < 1.29 is 0 Å². The van der Waals surface area contributed by atoms with Crippen LogP contribution < -0.4 is 0 Å². The van der Waals surface area contributed by atoms with Gasteiger partial charge in [0.25, 0.3) is 0 Å². The largest absolute Gasteiger partial charge is 0.302 e. The highest BCUT2D eigenvalue weighted by molar-refractivity contribution is 7.80. The minimum absolute atomic E-state index is 0.310. The van der Waals surface area contributed by atoms with Crippen LogP contribution in [0.5, 0.6) is 0 Å². The molecule has 0 spiro atoms. The van der Waals surface area contributed by atoms with E-state index < -0.39 is 0 Å². The molecule has 3 heteroatoms. The summed E-state index contributed by atoms with van der Waals surface area (Å²) >= 11 is 4.47. The fraction of sp³-hybridized carbons (Fsp3) is 0.643. The second-order valence-corrected chi connectivity index (χ2v) is 6.17. The molecule has 0 aliphatic heterocycles. The number of rotatable bonds is 5. The van der Waals surface area contributed by atoms with Crippen LogP contribution in [0.15, 0.2) is 24.5 Å². The Hall–Kier alpha value is -0.540. The standard InChI is InChI=1S/C14H24N2S/c1-14(2,3)13(11-17)10-16(4)9-12-6-5-7-15-8-12/h5-8,13,17H,9-11H2,1-4H3. The molecule has 0 fully saturated rings. The molecule has 2 nitrogen and oxygen atoms in total. The molecular weight excluding hydrogens is 228 g/mol. The van der Waals surface area contributed by atoms with Crippen molar-refractivity contribution in [1.82, 2.24) is 9.88 Å². The Morgan fingerprint density at radius 1 is 1.41 bits per heavy atom. The third-order valence-corrected chi connectivity index (χ3v) is 3.59. The molecule has 96 valence electrons. The maximum atomic E-state index is 4.47. The van der Waals surface area contributed by atoms with Gasteiger partial charge in [0, 0.05) is 25.5 Å². The van der Waals surface area contributed by atoms with Gasteiger partial charge in [0.15, 0.2) is 0 Å². The maximum absolute atomic E-state index is 4.47. The van der Waals surface area contributed by atoms with Gasteiger partial charge in [-0.1, -0.05) is 26.8 Å². The summed E-state index contributed by atoms with van der Waals surface area (Å²) < 4.78 is 0. The molecule has 0 radical (unpaired) electrons. The lowest BCUT2D eigenvalue weighted by Gasteiger charge is -2.33. The van der Waals surface area contributed by atoms with E-state index in [2.05, 4.69) is 56.4 Å². The van der Waals surface area contributed by atoms with E-state index in [9.17, 15) is 0 Å². The molecule has 0 aliphatic rings. The van der Waals surface area contributed by atoms with Gasteiger partial charge in [-0.2, -0.15) is 12.6 Å². The number of pyridine rings is 1. The molecule has 0 saturated carbocycles. The molecule has 0 aromatic carbocycles. The molecule has 1 rings (SSSR count). The average Bonchev–Trinajstić information content (AvgIpc) is 2.25. The fourth-order valence-corrected chi connectivity index (χ4v) is 2.51. The van der Waals surface area contributed by atoms with Gasteiger partial charge in [-0.3, -0.25) is 4.98 Å². The predicted molar refractivity (Wildman–Crippen MR) is 77.4 cm³/mol. The first-order chi connectivity index (χ1) is 7.93. The smallest absolute Gasteiger partial charge is 0.0312 e. The molecular formula is C14H24N2S. The van der Waals surface area contributed by atoms with Crippen molar-refractivity contribution >= 4 is 12.6 Å².